The second-order valence-corrected chi connectivity index (χ2v) is 4.72. The number of methoxy groups -OCH3 is 1. The molecule has 1 heterocycles. The molecule has 0 fully saturated rings. The first kappa shape index (κ1) is 11.3. The summed E-state index contributed by atoms with van der Waals surface area (Å²) in [6.45, 7) is 0. The quantitative estimate of drug-likeness (QED) is 0.756. The van der Waals surface area contributed by atoms with Gasteiger partial charge in [-0.05, 0) is 43.5 Å². The number of aryl methyl sites for hydroxylation is 1. The molecule has 0 aliphatic heterocycles. The van der Waals surface area contributed by atoms with E-state index in [4.69, 9.17) is 9.26 Å². The fraction of sp³-hybridized carbons (Fsp3) is 0.400. The second kappa shape index (κ2) is 4.84. The highest BCUT2D eigenvalue weighted by atomic mass is 16.5. The Morgan fingerprint density at radius 1 is 1.06 bits per heavy atom. The minimum Gasteiger partial charge on any atom is -0.497 e. The summed E-state index contributed by atoms with van der Waals surface area (Å²) in [5.74, 6) is 1.95. The molecule has 0 amide bonds. The van der Waals surface area contributed by atoms with Gasteiger partial charge in [0, 0.05) is 17.5 Å². The van der Waals surface area contributed by atoms with Crippen LogP contribution in [0.2, 0.25) is 0 Å². The van der Waals surface area contributed by atoms with Gasteiger partial charge in [0.2, 0.25) is 0 Å². The highest BCUT2D eigenvalue weighted by Crippen LogP contribution is 2.31. The molecule has 3 nitrogen and oxygen atoms in total. The summed E-state index contributed by atoms with van der Waals surface area (Å²) < 4.78 is 10.7. The van der Waals surface area contributed by atoms with Gasteiger partial charge in [-0.2, -0.15) is 0 Å². The van der Waals surface area contributed by atoms with E-state index in [1.54, 1.807) is 7.11 Å². The first-order valence-corrected chi connectivity index (χ1v) is 6.50. The molecule has 3 heteroatoms. The molecule has 0 spiro atoms. The normalized spacial score (nSPS) is 14.9. The number of nitrogens with zero attached hydrogens (tertiary/aromatic N) is 1. The van der Waals surface area contributed by atoms with Gasteiger partial charge in [0.05, 0.1) is 7.11 Å². The van der Waals surface area contributed by atoms with Crippen LogP contribution < -0.4 is 4.74 Å². The molecule has 1 aromatic carbocycles. The first-order valence-electron chi connectivity index (χ1n) is 6.50. The van der Waals surface area contributed by atoms with Crippen molar-refractivity contribution in [1.82, 2.24) is 5.16 Å². The molecular formula is C15H17NO2. The molecule has 18 heavy (non-hydrogen) atoms. The SMILES string of the molecule is COc1ccc(-c2noc3c2CCCCC3)cc1. The van der Waals surface area contributed by atoms with Crippen LogP contribution in [0.4, 0.5) is 0 Å². The number of fused-ring (bicyclic) bond motifs is 1. The Morgan fingerprint density at radius 3 is 2.61 bits per heavy atom. The van der Waals surface area contributed by atoms with Gasteiger partial charge >= 0.3 is 0 Å². The van der Waals surface area contributed by atoms with E-state index in [1.807, 2.05) is 24.3 Å². The van der Waals surface area contributed by atoms with Crippen LogP contribution in [-0.2, 0) is 12.8 Å². The highest BCUT2D eigenvalue weighted by molar-refractivity contribution is 5.64. The molecule has 2 aromatic rings. The van der Waals surface area contributed by atoms with Gasteiger partial charge in [-0.15, -0.1) is 0 Å². The maximum absolute atomic E-state index is 5.50. The van der Waals surface area contributed by atoms with Gasteiger partial charge in [-0.25, -0.2) is 0 Å². The number of aromatic nitrogens is 1. The average Bonchev–Trinajstić information content (AvgIpc) is 2.68. The third kappa shape index (κ3) is 2.01. The van der Waals surface area contributed by atoms with Crippen LogP contribution in [0.25, 0.3) is 11.3 Å². The molecule has 0 saturated heterocycles. The fourth-order valence-electron chi connectivity index (χ4n) is 2.54. The summed E-state index contributed by atoms with van der Waals surface area (Å²) in [5, 5.41) is 4.25. The number of benzene rings is 1. The van der Waals surface area contributed by atoms with Gasteiger partial charge in [-0.1, -0.05) is 11.6 Å². The predicted octanol–water partition coefficient (Wildman–Crippen LogP) is 3.62. The van der Waals surface area contributed by atoms with Crippen LogP contribution in [0.15, 0.2) is 28.8 Å². The van der Waals surface area contributed by atoms with Gasteiger partial charge < -0.3 is 9.26 Å². The zero-order valence-electron chi connectivity index (χ0n) is 10.6. The third-order valence-electron chi connectivity index (χ3n) is 3.56. The molecule has 0 bridgehead atoms. The molecule has 0 N–H and O–H groups in total. The van der Waals surface area contributed by atoms with Crippen molar-refractivity contribution in [1.29, 1.82) is 0 Å². The van der Waals surface area contributed by atoms with Crippen LogP contribution in [0.3, 0.4) is 0 Å². The minimum absolute atomic E-state index is 0.869. The molecule has 3 rings (SSSR count). The largest absolute Gasteiger partial charge is 0.497 e. The van der Waals surface area contributed by atoms with Crippen molar-refractivity contribution >= 4 is 0 Å². The Hall–Kier alpha value is -1.77. The van der Waals surface area contributed by atoms with E-state index in [1.165, 1.54) is 24.8 Å². The van der Waals surface area contributed by atoms with Crippen LogP contribution in [0.1, 0.15) is 30.6 Å². The zero-order valence-corrected chi connectivity index (χ0v) is 10.6. The smallest absolute Gasteiger partial charge is 0.140 e. The molecule has 0 saturated carbocycles. The molecule has 1 aliphatic rings. The monoisotopic (exact) mass is 243 g/mol. The first-order chi connectivity index (χ1) is 8.88. The number of hydrogen-bond acceptors (Lipinski definition) is 3. The van der Waals surface area contributed by atoms with Gasteiger partial charge in [0.1, 0.15) is 17.2 Å². The Morgan fingerprint density at radius 2 is 1.83 bits per heavy atom. The fourth-order valence-corrected chi connectivity index (χ4v) is 2.54. The van der Waals surface area contributed by atoms with Gasteiger partial charge in [-0.3, -0.25) is 0 Å². The van der Waals surface area contributed by atoms with Crippen LogP contribution in [0, 0.1) is 0 Å². The topological polar surface area (TPSA) is 35.3 Å². The van der Waals surface area contributed by atoms with Crippen molar-refractivity contribution in [3.63, 3.8) is 0 Å². The Labute approximate surface area is 107 Å². The molecule has 0 atom stereocenters. The van der Waals surface area contributed by atoms with E-state index in [-0.39, 0.29) is 0 Å². The van der Waals surface area contributed by atoms with Crippen molar-refractivity contribution in [2.75, 3.05) is 7.11 Å². The lowest BCUT2D eigenvalue weighted by atomic mass is 10.0. The van der Waals surface area contributed by atoms with Gasteiger partial charge in [0.15, 0.2) is 0 Å². The Kier molecular flexibility index (Phi) is 3.05. The zero-order chi connectivity index (χ0) is 12.4. The van der Waals surface area contributed by atoms with E-state index in [9.17, 15) is 0 Å². The summed E-state index contributed by atoms with van der Waals surface area (Å²) >= 11 is 0. The third-order valence-corrected chi connectivity index (χ3v) is 3.56. The summed E-state index contributed by atoms with van der Waals surface area (Å²) in [4.78, 5) is 0. The summed E-state index contributed by atoms with van der Waals surface area (Å²) in [5.41, 5.74) is 3.43. The molecule has 94 valence electrons. The Bertz CT molecular complexity index is 528. The lowest BCUT2D eigenvalue weighted by Crippen LogP contribution is -1.89. The average molecular weight is 243 g/mol. The molecule has 1 aromatic heterocycles. The van der Waals surface area contributed by atoms with E-state index in [2.05, 4.69) is 5.16 Å². The number of rotatable bonds is 2. The van der Waals surface area contributed by atoms with E-state index >= 15 is 0 Å². The lowest BCUT2D eigenvalue weighted by Gasteiger charge is -2.03. The van der Waals surface area contributed by atoms with Crippen molar-refractivity contribution < 1.29 is 9.26 Å². The Balaban J connectivity index is 1.98. The maximum Gasteiger partial charge on any atom is 0.140 e. The van der Waals surface area contributed by atoms with Crippen LogP contribution in [0.5, 0.6) is 5.75 Å². The van der Waals surface area contributed by atoms with Crippen molar-refractivity contribution in [3.05, 3.63) is 35.6 Å². The molecule has 0 radical (unpaired) electrons. The number of ether oxygens (including phenoxy) is 1. The van der Waals surface area contributed by atoms with Crippen LogP contribution >= 0.6 is 0 Å². The summed E-state index contributed by atoms with van der Waals surface area (Å²) in [7, 11) is 1.68. The summed E-state index contributed by atoms with van der Waals surface area (Å²) in [6, 6.07) is 8.02. The molecule has 1 aliphatic carbocycles. The maximum atomic E-state index is 5.50. The van der Waals surface area contributed by atoms with E-state index in [0.29, 0.717) is 0 Å². The highest BCUT2D eigenvalue weighted by Gasteiger charge is 2.19. The van der Waals surface area contributed by atoms with Crippen molar-refractivity contribution in [2.45, 2.75) is 32.1 Å². The standard InChI is InChI=1S/C15H17NO2/c1-17-12-9-7-11(8-10-12)15-13-5-3-2-4-6-14(13)18-16-15/h7-10H,2-6H2,1H3. The molecule has 0 unspecified atom stereocenters. The van der Waals surface area contributed by atoms with Crippen molar-refractivity contribution in [3.8, 4) is 17.0 Å². The summed E-state index contributed by atoms with van der Waals surface area (Å²) in [6.07, 6.45) is 5.84. The molecular weight excluding hydrogens is 226 g/mol. The van der Waals surface area contributed by atoms with Crippen LogP contribution in [-0.4, -0.2) is 12.3 Å². The minimum atomic E-state index is 0.869. The van der Waals surface area contributed by atoms with E-state index < -0.39 is 0 Å². The van der Waals surface area contributed by atoms with E-state index in [0.717, 1.165) is 35.6 Å². The van der Waals surface area contributed by atoms with Gasteiger partial charge in [0.25, 0.3) is 0 Å². The lowest BCUT2D eigenvalue weighted by molar-refractivity contribution is 0.382. The number of hydrogen-bond donors (Lipinski definition) is 0. The predicted molar refractivity (Wildman–Crippen MR) is 69.8 cm³/mol. The second-order valence-electron chi connectivity index (χ2n) is 4.72. The van der Waals surface area contributed by atoms with Crippen molar-refractivity contribution in [2.24, 2.45) is 0 Å².